The number of nitrogens with zero attached hydrogens (tertiary/aromatic N) is 3. The van der Waals surface area contributed by atoms with Crippen LogP contribution < -0.4 is 14.9 Å². The second-order valence-electron chi connectivity index (χ2n) is 8.96. The molecule has 0 amide bonds. The second-order valence-corrected chi connectivity index (χ2v) is 10.8. The first kappa shape index (κ1) is 26.2. The summed E-state index contributed by atoms with van der Waals surface area (Å²) in [6.45, 7) is 7.74. The summed E-state index contributed by atoms with van der Waals surface area (Å²) in [7, 11) is 0. The highest BCUT2D eigenvalue weighted by molar-refractivity contribution is 7.07. The Morgan fingerprint density at radius 1 is 1.11 bits per heavy atom. The third kappa shape index (κ3) is 4.55. The minimum absolute atomic E-state index is 0.207. The number of esters is 1. The van der Waals surface area contributed by atoms with Crippen LogP contribution in [-0.2, 0) is 9.53 Å². The minimum atomic E-state index is -0.748. The maximum atomic E-state index is 13.9. The number of rotatable bonds is 5. The first-order valence-electron chi connectivity index (χ1n) is 12.1. The van der Waals surface area contributed by atoms with Crippen molar-refractivity contribution in [2.24, 2.45) is 4.99 Å². The summed E-state index contributed by atoms with van der Waals surface area (Å²) in [5, 5.41) is 1.12. The maximum Gasteiger partial charge on any atom is 0.338 e. The average Bonchev–Trinajstić information content (AvgIpc) is 3.33. The third-order valence-electron chi connectivity index (χ3n) is 6.56. The van der Waals surface area contributed by atoms with Crippen molar-refractivity contribution in [2.75, 3.05) is 6.61 Å². The quantitative estimate of drug-likeness (QED) is 0.299. The number of hydrogen-bond donors (Lipinski definition) is 0. The van der Waals surface area contributed by atoms with Gasteiger partial charge in [-0.25, -0.2) is 9.79 Å². The normalized spacial score (nSPS) is 15.4. The van der Waals surface area contributed by atoms with Gasteiger partial charge in [-0.3, -0.25) is 9.36 Å². The Balaban J connectivity index is 1.70. The number of carbonyl (C=O) groups is 1. The Morgan fingerprint density at radius 3 is 2.50 bits per heavy atom. The number of halogens is 2. The number of ether oxygens (including phenoxy) is 1. The van der Waals surface area contributed by atoms with Crippen LogP contribution in [0.15, 0.2) is 75.7 Å². The van der Waals surface area contributed by atoms with Crippen molar-refractivity contribution in [1.82, 2.24) is 9.13 Å². The van der Waals surface area contributed by atoms with Crippen molar-refractivity contribution in [2.45, 2.75) is 33.7 Å². The van der Waals surface area contributed by atoms with Crippen LogP contribution in [0.25, 0.3) is 11.8 Å². The summed E-state index contributed by atoms with van der Waals surface area (Å²) in [5.41, 5.74) is 5.11. The van der Waals surface area contributed by atoms with E-state index in [0.29, 0.717) is 36.2 Å². The fourth-order valence-corrected chi connectivity index (χ4v) is 6.25. The van der Waals surface area contributed by atoms with Gasteiger partial charge in [0.25, 0.3) is 5.56 Å². The molecule has 4 aromatic rings. The molecular formula is C29H25Cl2N3O3S. The van der Waals surface area contributed by atoms with E-state index in [0.717, 1.165) is 22.6 Å². The highest BCUT2D eigenvalue weighted by atomic mass is 35.5. The molecule has 2 aromatic carbocycles. The monoisotopic (exact) mass is 565 g/mol. The number of benzene rings is 2. The Morgan fingerprint density at radius 2 is 1.82 bits per heavy atom. The van der Waals surface area contributed by atoms with Gasteiger partial charge in [0.15, 0.2) is 4.80 Å². The molecule has 194 valence electrons. The number of allylic oxidation sites excluding steroid dienone is 1. The number of carbonyl (C=O) groups excluding carboxylic acids is 1. The first-order valence-corrected chi connectivity index (χ1v) is 13.7. The Hall–Kier alpha value is -3.39. The molecule has 2 aromatic heterocycles. The highest BCUT2D eigenvalue weighted by Crippen LogP contribution is 2.34. The molecule has 1 aliphatic heterocycles. The van der Waals surface area contributed by atoms with Crippen LogP contribution in [0.5, 0.6) is 0 Å². The van der Waals surface area contributed by atoms with Gasteiger partial charge in [0, 0.05) is 27.1 Å². The standard InChI is InChI=1S/C29H25Cl2N3O3S/c1-5-37-28(36)25-17(3)32-29-34(26(25)22-8-6-7-9-23(22)31)27(35)24(38-29)15-19-14-16(2)33(18(19)4)21-12-10-20(30)11-13-21/h6-15,26H,5H2,1-4H3/b24-15-/t26-/m1/s1. The summed E-state index contributed by atoms with van der Waals surface area (Å²) in [5.74, 6) is -0.514. The van der Waals surface area contributed by atoms with Gasteiger partial charge >= 0.3 is 5.97 Å². The van der Waals surface area contributed by atoms with Gasteiger partial charge in [-0.2, -0.15) is 0 Å². The topological polar surface area (TPSA) is 65.6 Å². The van der Waals surface area contributed by atoms with E-state index in [9.17, 15) is 9.59 Å². The van der Waals surface area contributed by atoms with Crippen molar-refractivity contribution >= 4 is 46.6 Å². The molecule has 0 unspecified atom stereocenters. The lowest BCUT2D eigenvalue weighted by Crippen LogP contribution is -2.40. The molecule has 0 aliphatic carbocycles. The summed E-state index contributed by atoms with van der Waals surface area (Å²) in [6, 6.07) is 16.1. The second kappa shape index (κ2) is 10.4. The summed E-state index contributed by atoms with van der Waals surface area (Å²) in [4.78, 5) is 32.1. The highest BCUT2D eigenvalue weighted by Gasteiger charge is 2.34. The molecule has 0 fully saturated rings. The SMILES string of the molecule is CCOC(=O)C1=C(C)N=c2s/c(=C\c3cc(C)n(-c4ccc(Cl)cc4)c3C)c(=O)n2[C@@H]1c1ccccc1Cl. The van der Waals surface area contributed by atoms with Crippen LogP contribution in [0.2, 0.25) is 10.0 Å². The van der Waals surface area contributed by atoms with Crippen LogP contribution in [0.3, 0.4) is 0 Å². The van der Waals surface area contributed by atoms with Crippen LogP contribution in [0.1, 0.15) is 42.4 Å². The van der Waals surface area contributed by atoms with Gasteiger partial charge in [0.05, 0.1) is 22.4 Å². The maximum absolute atomic E-state index is 13.9. The fraction of sp³-hybridized carbons (Fsp3) is 0.207. The molecule has 9 heteroatoms. The van der Waals surface area contributed by atoms with E-state index in [4.69, 9.17) is 27.9 Å². The summed E-state index contributed by atoms with van der Waals surface area (Å²) >= 11 is 13.9. The zero-order valence-corrected chi connectivity index (χ0v) is 23.6. The number of aromatic nitrogens is 2. The molecule has 0 N–H and O–H groups in total. The van der Waals surface area contributed by atoms with Gasteiger partial charge in [-0.05, 0) is 81.3 Å². The lowest BCUT2D eigenvalue weighted by molar-refractivity contribution is -0.139. The zero-order chi connectivity index (χ0) is 27.1. The van der Waals surface area contributed by atoms with E-state index in [1.54, 1.807) is 24.5 Å². The predicted molar refractivity (Wildman–Crippen MR) is 152 cm³/mol. The third-order valence-corrected chi connectivity index (χ3v) is 8.14. The van der Waals surface area contributed by atoms with Gasteiger partial charge in [0.2, 0.25) is 0 Å². The Labute approximate surface area is 233 Å². The smallest absolute Gasteiger partial charge is 0.338 e. The number of aryl methyl sites for hydroxylation is 1. The van der Waals surface area contributed by atoms with Crippen molar-refractivity contribution < 1.29 is 9.53 Å². The first-order chi connectivity index (χ1) is 18.2. The average molecular weight is 567 g/mol. The van der Waals surface area contributed by atoms with Crippen LogP contribution in [0, 0.1) is 13.8 Å². The van der Waals surface area contributed by atoms with E-state index in [1.165, 1.54) is 11.3 Å². The molecule has 1 atom stereocenters. The zero-order valence-electron chi connectivity index (χ0n) is 21.3. The van der Waals surface area contributed by atoms with Gasteiger partial charge in [-0.1, -0.05) is 52.7 Å². The van der Waals surface area contributed by atoms with E-state index in [1.807, 2.05) is 68.5 Å². The van der Waals surface area contributed by atoms with Crippen molar-refractivity contribution in [3.8, 4) is 5.69 Å². The summed E-state index contributed by atoms with van der Waals surface area (Å²) in [6.07, 6.45) is 1.88. The van der Waals surface area contributed by atoms with E-state index < -0.39 is 12.0 Å². The molecule has 0 spiro atoms. The Kier molecular flexibility index (Phi) is 7.18. The van der Waals surface area contributed by atoms with Crippen LogP contribution >= 0.6 is 34.5 Å². The fourth-order valence-electron chi connectivity index (χ4n) is 4.85. The molecule has 5 rings (SSSR count). The van der Waals surface area contributed by atoms with Crippen molar-refractivity contribution in [3.63, 3.8) is 0 Å². The number of fused-ring (bicyclic) bond motifs is 1. The molecule has 3 heterocycles. The lowest BCUT2D eigenvalue weighted by atomic mass is 9.96. The molecular weight excluding hydrogens is 541 g/mol. The van der Waals surface area contributed by atoms with E-state index in [-0.39, 0.29) is 12.2 Å². The van der Waals surface area contributed by atoms with Crippen LogP contribution in [-0.4, -0.2) is 21.7 Å². The van der Waals surface area contributed by atoms with Crippen molar-refractivity contribution in [3.05, 3.63) is 118 Å². The van der Waals surface area contributed by atoms with Gasteiger partial charge in [-0.15, -0.1) is 0 Å². The van der Waals surface area contributed by atoms with E-state index in [2.05, 4.69) is 9.56 Å². The van der Waals surface area contributed by atoms with Crippen molar-refractivity contribution in [1.29, 1.82) is 0 Å². The number of thiazole rings is 1. The Bertz CT molecular complexity index is 1780. The molecule has 1 aliphatic rings. The predicted octanol–water partition coefficient (Wildman–Crippen LogP) is 5.51. The van der Waals surface area contributed by atoms with Crippen LogP contribution in [0.4, 0.5) is 0 Å². The minimum Gasteiger partial charge on any atom is -0.463 e. The number of hydrogen-bond acceptors (Lipinski definition) is 5. The molecule has 0 radical (unpaired) electrons. The van der Waals surface area contributed by atoms with E-state index >= 15 is 0 Å². The molecule has 0 saturated carbocycles. The molecule has 6 nitrogen and oxygen atoms in total. The molecule has 0 bridgehead atoms. The molecule has 38 heavy (non-hydrogen) atoms. The molecule has 0 saturated heterocycles. The van der Waals surface area contributed by atoms with Gasteiger partial charge in [0.1, 0.15) is 6.04 Å². The largest absolute Gasteiger partial charge is 0.463 e. The lowest BCUT2D eigenvalue weighted by Gasteiger charge is -2.25. The summed E-state index contributed by atoms with van der Waals surface area (Å²) < 4.78 is 9.53. The van der Waals surface area contributed by atoms with Gasteiger partial charge < -0.3 is 9.30 Å².